The standard InChI is InChI=1S/C15H24N2O2/c1-2-10-7-12-13(8-10)15(19)17(14(12)18)9-11-3-5-16-6-4-11/h10-13,16H,2-9H2,1H3. The summed E-state index contributed by atoms with van der Waals surface area (Å²) in [6, 6.07) is 0. The number of fused-ring (bicyclic) bond motifs is 1. The van der Waals surface area contributed by atoms with E-state index in [1.165, 1.54) is 0 Å². The Labute approximate surface area is 114 Å². The number of hydrogen-bond donors (Lipinski definition) is 1. The molecule has 2 aliphatic heterocycles. The second kappa shape index (κ2) is 5.23. The van der Waals surface area contributed by atoms with Crippen LogP contribution < -0.4 is 5.32 Å². The molecule has 2 atom stereocenters. The van der Waals surface area contributed by atoms with Crippen molar-refractivity contribution < 1.29 is 9.59 Å². The van der Waals surface area contributed by atoms with E-state index in [4.69, 9.17) is 0 Å². The molecule has 2 saturated heterocycles. The van der Waals surface area contributed by atoms with Crippen LogP contribution in [0.3, 0.4) is 0 Å². The smallest absolute Gasteiger partial charge is 0.233 e. The summed E-state index contributed by atoms with van der Waals surface area (Å²) in [6.07, 6.45) is 5.15. The molecule has 2 heterocycles. The fraction of sp³-hybridized carbons (Fsp3) is 0.867. The Balaban J connectivity index is 1.65. The van der Waals surface area contributed by atoms with Crippen molar-refractivity contribution in [1.82, 2.24) is 10.2 Å². The average molecular weight is 264 g/mol. The summed E-state index contributed by atoms with van der Waals surface area (Å²) in [6.45, 7) is 4.87. The maximum Gasteiger partial charge on any atom is 0.233 e. The van der Waals surface area contributed by atoms with Crippen molar-refractivity contribution in [3.63, 3.8) is 0 Å². The average Bonchev–Trinajstić information content (AvgIpc) is 2.96. The zero-order chi connectivity index (χ0) is 13.4. The fourth-order valence-electron chi connectivity index (χ4n) is 4.03. The van der Waals surface area contributed by atoms with E-state index in [9.17, 15) is 9.59 Å². The maximum absolute atomic E-state index is 12.4. The van der Waals surface area contributed by atoms with E-state index in [-0.39, 0.29) is 23.7 Å². The predicted octanol–water partition coefficient (Wildman–Crippen LogP) is 1.41. The van der Waals surface area contributed by atoms with Crippen LogP contribution in [0.15, 0.2) is 0 Å². The second-order valence-corrected chi connectivity index (χ2v) is 6.44. The number of likely N-dealkylation sites (tertiary alicyclic amines) is 1. The Morgan fingerprint density at radius 3 is 2.16 bits per heavy atom. The van der Waals surface area contributed by atoms with Gasteiger partial charge in [-0.2, -0.15) is 0 Å². The van der Waals surface area contributed by atoms with Gasteiger partial charge in [0.2, 0.25) is 11.8 Å². The first-order chi connectivity index (χ1) is 9.20. The summed E-state index contributed by atoms with van der Waals surface area (Å²) < 4.78 is 0. The van der Waals surface area contributed by atoms with Crippen LogP contribution >= 0.6 is 0 Å². The van der Waals surface area contributed by atoms with Crippen LogP contribution in [0, 0.1) is 23.7 Å². The quantitative estimate of drug-likeness (QED) is 0.784. The van der Waals surface area contributed by atoms with Crippen molar-refractivity contribution in [3.8, 4) is 0 Å². The Morgan fingerprint density at radius 1 is 1.05 bits per heavy atom. The number of nitrogens with one attached hydrogen (secondary N) is 1. The summed E-state index contributed by atoms with van der Waals surface area (Å²) in [7, 11) is 0. The highest BCUT2D eigenvalue weighted by atomic mass is 16.2. The van der Waals surface area contributed by atoms with Crippen LogP contribution in [-0.2, 0) is 9.59 Å². The van der Waals surface area contributed by atoms with Gasteiger partial charge in [0.15, 0.2) is 0 Å². The topological polar surface area (TPSA) is 49.4 Å². The molecule has 1 N–H and O–H groups in total. The number of rotatable bonds is 3. The van der Waals surface area contributed by atoms with Crippen LogP contribution in [0.2, 0.25) is 0 Å². The molecule has 0 bridgehead atoms. The van der Waals surface area contributed by atoms with Gasteiger partial charge in [-0.15, -0.1) is 0 Å². The molecule has 2 unspecified atom stereocenters. The SMILES string of the molecule is CCC1CC2C(=O)N(CC3CCNCC3)C(=O)C2C1. The summed E-state index contributed by atoms with van der Waals surface area (Å²) in [5, 5.41) is 3.33. The van der Waals surface area contributed by atoms with Crippen molar-refractivity contribution >= 4 is 11.8 Å². The highest BCUT2D eigenvalue weighted by Gasteiger charge is 2.52. The minimum absolute atomic E-state index is 0.0131. The van der Waals surface area contributed by atoms with Crippen LogP contribution in [0.5, 0.6) is 0 Å². The molecule has 0 radical (unpaired) electrons. The monoisotopic (exact) mass is 264 g/mol. The van der Waals surface area contributed by atoms with Crippen molar-refractivity contribution in [3.05, 3.63) is 0 Å². The van der Waals surface area contributed by atoms with Crippen molar-refractivity contribution in [2.75, 3.05) is 19.6 Å². The molecule has 4 nitrogen and oxygen atoms in total. The highest BCUT2D eigenvalue weighted by molar-refractivity contribution is 6.05. The van der Waals surface area contributed by atoms with E-state index in [1.54, 1.807) is 4.90 Å². The minimum atomic E-state index is 0.0131. The number of amides is 2. The largest absolute Gasteiger partial charge is 0.317 e. The van der Waals surface area contributed by atoms with Gasteiger partial charge in [0.1, 0.15) is 0 Å². The van der Waals surface area contributed by atoms with Crippen LogP contribution in [0.4, 0.5) is 0 Å². The molecular weight excluding hydrogens is 240 g/mol. The lowest BCUT2D eigenvalue weighted by molar-refractivity contribution is -0.141. The number of imide groups is 1. The molecule has 0 aromatic carbocycles. The molecule has 2 amide bonds. The molecule has 0 spiro atoms. The van der Waals surface area contributed by atoms with E-state index in [0.717, 1.165) is 45.2 Å². The van der Waals surface area contributed by atoms with Crippen LogP contribution in [-0.4, -0.2) is 36.3 Å². The van der Waals surface area contributed by atoms with Gasteiger partial charge in [-0.05, 0) is 50.6 Å². The van der Waals surface area contributed by atoms with Gasteiger partial charge in [0, 0.05) is 6.54 Å². The summed E-state index contributed by atoms with van der Waals surface area (Å²) in [4.78, 5) is 26.4. The van der Waals surface area contributed by atoms with Crippen LogP contribution in [0.1, 0.15) is 39.0 Å². The highest BCUT2D eigenvalue weighted by Crippen LogP contribution is 2.44. The van der Waals surface area contributed by atoms with E-state index in [0.29, 0.717) is 18.4 Å². The van der Waals surface area contributed by atoms with Crippen molar-refractivity contribution in [2.45, 2.75) is 39.0 Å². The zero-order valence-electron chi connectivity index (χ0n) is 11.7. The molecule has 4 heteroatoms. The Hall–Kier alpha value is -0.900. The molecule has 3 fully saturated rings. The molecule has 1 saturated carbocycles. The first-order valence-electron chi connectivity index (χ1n) is 7.76. The molecule has 0 aromatic heterocycles. The lowest BCUT2D eigenvalue weighted by Gasteiger charge is -2.27. The third-order valence-corrected chi connectivity index (χ3v) is 5.30. The lowest BCUT2D eigenvalue weighted by atomic mass is 9.97. The Kier molecular flexibility index (Phi) is 3.61. The summed E-state index contributed by atoms with van der Waals surface area (Å²) >= 11 is 0. The molecule has 1 aliphatic carbocycles. The predicted molar refractivity (Wildman–Crippen MR) is 72.3 cm³/mol. The van der Waals surface area contributed by atoms with Gasteiger partial charge in [-0.3, -0.25) is 14.5 Å². The molecule has 106 valence electrons. The van der Waals surface area contributed by atoms with E-state index in [1.807, 2.05) is 0 Å². The van der Waals surface area contributed by atoms with Gasteiger partial charge < -0.3 is 5.32 Å². The van der Waals surface area contributed by atoms with Crippen LogP contribution in [0.25, 0.3) is 0 Å². The van der Waals surface area contributed by atoms with Gasteiger partial charge in [-0.1, -0.05) is 13.3 Å². The third kappa shape index (κ3) is 2.31. The number of nitrogens with zero attached hydrogens (tertiary/aromatic N) is 1. The number of carbonyl (C=O) groups excluding carboxylic acids is 2. The summed E-state index contributed by atoms with van der Waals surface area (Å²) in [5.74, 6) is 1.38. The van der Waals surface area contributed by atoms with E-state index < -0.39 is 0 Å². The number of carbonyl (C=O) groups is 2. The number of piperidine rings is 1. The zero-order valence-corrected chi connectivity index (χ0v) is 11.7. The molecule has 0 aromatic rings. The fourth-order valence-corrected chi connectivity index (χ4v) is 4.03. The number of hydrogen-bond acceptors (Lipinski definition) is 3. The van der Waals surface area contributed by atoms with Gasteiger partial charge in [0.05, 0.1) is 11.8 Å². The van der Waals surface area contributed by atoms with E-state index >= 15 is 0 Å². The minimum Gasteiger partial charge on any atom is -0.317 e. The normalized spacial score (nSPS) is 36.1. The van der Waals surface area contributed by atoms with Crippen molar-refractivity contribution in [2.24, 2.45) is 23.7 Å². The molecule has 3 rings (SSSR count). The van der Waals surface area contributed by atoms with Gasteiger partial charge in [-0.25, -0.2) is 0 Å². The van der Waals surface area contributed by atoms with Gasteiger partial charge >= 0.3 is 0 Å². The maximum atomic E-state index is 12.4. The first kappa shape index (κ1) is 13.1. The second-order valence-electron chi connectivity index (χ2n) is 6.44. The Morgan fingerprint density at radius 2 is 1.63 bits per heavy atom. The first-order valence-corrected chi connectivity index (χ1v) is 7.76. The van der Waals surface area contributed by atoms with E-state index in [2.05, 4.69) is 12.2 Å². The molecular formula is C15H24N2O2. The molecule has 19 heavy (non-hydrogen) atoms. The van der Waals surface area contributed by atoms with Gasteiger partial charge in [0.25, 0.3) is 0 Å². The lowest BCUT2D eigenvalue weighted by Crippen LogP contribution is -2.40. The third-order valence-electron chi connectivity index (χ3n) is 5.30. The van der Waals surface area contributed by atoms with Crippen molar-refractivity contribution in [1.29, 1.82) is 0 Å². The Bertz CT molecular complexity index is 352. The molecule has 3 aliphatic rings. The summed E-state index contributed by atoms with van der Waals surface area (Å²) in [5.41, 5.74) is 0.